The molecular weight excluding hydrogens is 299 g/mol. The van der Waals surface area contributed by atoms with Gasteiger partial charge in [-0.1, -0.05) is 0 Å². The topological polar surface area (TPSA) is 32.3 Å². The molecule has 0 aromatic heterocycles. The summed E-state index contributed by atoms with van der Waals surface area (Å²) in [5, 5.41) is 2.84. The number of nitrogens with zero attached hydrogens (tertiary/aromatic N) is 1. The summed E-state index contributed by atoms with van der Waals surface area (Å²) in [5.41, 5.74) is 1.42. The zero-order valence-electron chi connectivity index (χ0n) is 10.5. The summed E-state index contributed by atoms with van der Waals surface area (Å²) in [6.07, 6.45) is 1.28. The van der Waals surface area contributed by atoms with Crippen LogP contribution in [0.1, 0.15) is 26.7 Å². The first kappa shape index (κ1) is 13.3. The van der Waals surface area contributed by atoms with Crippen LogP contribution in [0.3, 0.4) is 0 Å². The lowest BCUT2D eigenvalue weighted by atomic mass is 10.1. The van der Waals surface area contributed by atoms with Crippen molar-refractivity contribution < 1.29 is 9.18 Å². The average Bonchev–Trinajstić information content (AvgIpc) is 2.27. The van der Waals surface area contributed by atoms with Gasteiger partial charge in [0.25, 0.3) is 0 Å². The van der Waals surface area contributed by atoms with Crippen molar-refractivity contribution in [2.24, 2.45) is 0 Å². The monoisotopic (exact) mass is 314 g/mol. The normalized spacial score (nSPS) is 16.1. The zero-order chi connectivity index (χ0) is 13.3. The number of anilines is 2. The molecule has 0 atom stereocenters. The van der Waals surface area contributed by atoms with E-state index in [4.69, 9.17) is 0 Å². The first-order chi connectivity index (χ1) is 8.49. The number of fused-ring (bicyclic) bond motifs is 1. The molecule has 1 aliphatic rings. The summed E-state index contributed by atoms with van der Waals surface area (Å²) < 4.78 is 14.1. The van der Waals surface area contributed by atoms with Gasteiger partial charge < -0.3 is 10.2 Å². The summed E-state index contributed by atoms with van der Waals surface area (Å²) in [5.74, 6) is -0.326. The van der Waals surface area contributed by atoms with Crippen molar-refractivity contribution in [3.05, 3.63) is 22.4 Å². The number of carbonyl (C=O) groups excluding carboxylic acids is 1. The fourth-order valence-electron chi connectivity index (χ4n) is 2.15. The van der Waals surface area contributed by atoms with Crippen LogP contribution in [0.2, 0.25) is 0 Å². The van der Waals surface area contributed by atoms with Gasteiger partial charge in [-0.2, -0.15) is 0 Å². The van der Waals surface area contributed by atoms with Crippen LogP contribution in [-0.4, -0.2) is 18.5 Å². The van der Waals surface area contributed by atoms with Gasteiger partial charge in [0.2, 0.25) is 5.91 Å². The number of halogens is 2. The molecular formula is C13H16BrFN2O. The Morgan fingerprint density at radius 2 is 2.17 bits per heavy atom. The van der Waals surface area contributed by atoms with Crippen LogP contribution in [-0.2, 0) is 4.79 Å². The van der Waals surface area contributed by atoms with Gasteiger partial charge in [0.1, 0.15) is 5.82 Å². The third-order valence-electron chi connectivity index (χ3n) is 3.05. The minimum Gasteiger partial charge on any atom is -0.367 e. The van der Waals surface area contributed by atoms with Crippen LogP contribution in [0.25, 0.3) is 0 Å². The van der Waals surface area contributed by atoms with Gasteiger partial charge in [0.05, 0.1) is 15.8 Å². The molecule has 0 bridgehead atoms. The van der Waals surface area contributed by atoms with E-state index in [0.717, 1.165) is 18.7 Å². The molecule has 5 heteroatoms. The van der Waals surface area contributed by atoms with Crippen LogP contribution >= 0.6 is 15.9 Å². The Balaban J connectivity index is 2.51. The van der Waals surface area contributed by atoms with Gasteiger partial charge in [0, 0.05) is 25.1 Å². The maximum absolute atomic E-state index is 13.7. The number of hydrogen-bond acceptors (Lipinski definition) is 2. The highest BCUT2D eigenvalue weighted by Gasteiger charge is 2.21. The second-order valence-electron chi connectivity index (χ2n) is 4.72. The summed E-state index contributed by atoms with van der Waals surface area (Å²) >= 11 is 3.15. The summed E-state index contributed by atoms with van der Waals surface area (Å²) in [4.78, 5) is 13.7. The Hall–Kier alpha value is -1.10. The number of nitrogens with one attached hydrogen (secondary N) is 1. The highest BCUT2D eigenvalue weighted by Crippen LogP contribution is 2.34. The van der Waals surface area contributed by atoms with Crippen molar-refractivity contribution in [1.82, 2.24) is 0 Å². The molecule has 1 aromatic carbocycles. The third-order valence-corrected chi connectivity index (χ3v) is 3.66. The Kier molecular flexibility index (Phi) is 3.90. The van der Waals surface area contributed by atoms with Crippen LogP contribution in [0.15, 0.2) is 16.6 Å². The quantitative estimate of drug-likeness (QED) is 0.860. The molecule has 1 aromatic rings. The smallest absolute Gasteiger partial charge is 0.224 e. The number of benzene rings is 1. The van der Waals surface area contributed by atoms with Gasteiger partial charge in [0.15, 0.2) is 0 Å². The van der Waals surface area contributed by atoms with E-state index < -0.39 is 0 Å². The molecule has 18 heavy (non-hydrogen) atoms. The predicted octanol–water partition coefficient (Wildman–Crippen LogP) is 3.54. The van der Waals surface area contributed by atoms with Crippen LogP contribution < -0.4 is 10.2 Å². The van der Waals surface area contributed by atoms with E-state index in [1.165, 1.54) is 6.07 Å². The van der Waals surface area contributed by atoms with E-state index in [1.54, 1.807) is 6.07 Å². The lowest BCUT2D eigenvalue weighted by Gasteiger charge is -2.32. The van der Waals surface area contributed by atoms with Gasteiger partial charge in [-0.15, -0.1) is 0 Å². The van der Waals surface area contributed by atoms with E-state index in [1.807, 2.05) is 0 Å². The molecule has 1 heterocycles. The van der Waals surface area contributed by atoms with Crippen molar-refractivity contribution in [2.75, 3.05) is 16.8 Å². The fraction of sp³-hybridized carbons (Fsp3) is 0.462. The van der Waals surface area contributed by atoms with Crippen molar-refractivity contribution in [3.8, 4) is 0 Å². The van der Waals surface area contributed by atoms with Crippen molar-refractivity contribution >= 4 is 33.2 Å². The first-order valence-electron chi connectivity index (χ1n) is 6.04. The second-order valence-corrected chi connectivity index (χ2v) is 5.58. The summed E-state index contributed by atoms with van der Waals surface area (Å²) in [6, 6.07) is 3.37. The van der Waals surface area contributed by atoms with E-state index in [-0.39, 0.29) is 17.8 Å². The molecule has 1 amide bonds. The fourth-order valence-corrected chi connectivity index (χ4v) is 2.50. The number of amides is 1. The molecule has 1 aliphatic heterocycles. The molecule has 1 N–H and O–H groups in total. The van der Waals surface area contributed by atoms with Gasteiger partial charge >= 0.3 is 0 Å². The number of carbonyl (C=O) groups is 1. The minimum absolute atomic E-state index is 0.0156. The summed E-state index contributed by atoms with van der Waals surface area (Å²) in [6.45, 7) is 4.89. The lowest BCUT2D eigenvalue weighted by molar-refractivity contribution is -0.116. The third kappa shape index (κ3) is 2.66. The van der Waals surface area contributed by atoms with E-state index in [2.05, 4.69) is 40.0 Å². The highest BCUT2D eigenvalue weighted by molar-refractivity contribution is 9.10. The number of hydrogen-bond donors (Lipinski definition) is 1. The Labute approximate surface area is 114 Å². The lowest BCUT2D eigenvalue weighted by Crippen LogP contribution is -2.35. The van der Waals surface area contributed by atoms with Crippen molar-refractivity contribution in [3.63, 3.8) is 0 Å². The largest absolute Gasteiger partial charge is 0.367 e. The molecule has 0 unspecified atom stereocenters. The SMILES string of the molecule is CC(C)N1CCCC(=O)Nc2cc(Br)c(F)cc21. The molecule has 0 fully saturated rings. The van der Waals surface area contributed by atoms with Gasteiger partial charge in [-0.3, -0.25) is 4.79 Å². The minimum atomic E-state index is -0.311. The predicted molar refractivity (Wildman–Crippen MR) is 74.4 cm³/mol. The molecule has 0 radical (unpaired) electrons. The highest BCUT2D eigenvalue weighted by atomic mass is 79.9. The van der Waals surface area contributed by atoms with Crippen molar-refractivity contribution in [1.29, 1.82) is 0 Å². The van der Waals surface area contributed by atoms with Gasteiger partial charge in [-0.05, 0) is 42.3 Å². The molecule has 98 valence electrons. The zero-order valence-corrected chi connectivity index (χ0v) is 12.1. The molecule has 3 nitrogen and oxygen atoms in total. The van der Waals surface area contributed by atoms with Crippen LogP contribution in [0, 0.1) is 5.82 Å². The molecule has 2 rings (SSSR count). The molecule has 0 aliphatic carbocycles. The van der Waals surface area contributed by atoms with E-state index in [9.17, 15) is 9.18 Å². The maximum atomic E-state index is 13.7. The van der Waals surface area contributed by atoms with Crippen LogP contribution in [0.5, 0.6) is 0 Å². The van der Waals surface area contributed by atoms with Crippen molar-refractivity contribution in [2.45, 2.75) is 32.7 Å². The standard InChI is InChI=1S/C13H16BrFN2O/c1-8(2)17-5-3-4-13(18)16-11-6-9(14)10(15)7-12(11)17/h6-8H,3-5H2,1-2H3,(H,16,18). The van der Waals surface area contributed by atoms with Crippen LogP contribution in [0.4, 0.5) is 15.8 Å². The average molecular weight is 315 g/mol. The Morgan fingerprint density at radius 3 is 2.83 bits per heavy atom. The van der Waals surface area contributed by atoms with E-state index >= 15 is 0 Å². The van der Waals surface area contributed by atoms with E-state index in [0.29, 0.717) is 16.6 Å². The Morgan fingerprint density at radius 1 is 1.44 bits per heavy atom. The van der Waals surface area contributed by atoms with Gasteiger partial charge in [-0.25, -0.2) is 4.39 Å². The maximum Gasteiger partial charge on any atom is 0.224 e. The molecule has 0 spiro atoms. The molecule has 0 saturated carbocycles. The number of rotatable bonds is 1. The molecule has 0 saturated heterocycles. The summed E-state index contributed by atoms with van der Waals surface area (Å²) in [7, 11) is 0. The first-order valence-corrected chi connectivity index (χ1v) is 6.84. The Bertz CT molecular complexity index is 476. The second kappa shape index (κ2) is 5.26.